The second-order valence-corrected chi connectivity index (χ2v) is 10.5. The summed E-state index contributed by atoms with van der Waals surface area (Å²) in [5.41, 5.74) is 8.62. The first-order chi connectivity index (χ1) is 20.5. The fraction of sp³-hybridized carbons (Fsp3) is 0.273. The summed E-state index contributed by atoms with van der Waals surface area (Å²) in [5.74, 6) is -0.0615. The molecule has 4 aromatic rings. The van der Waals surface area contributed by atoms with Gasteiger partial charge in [0.05, 0.1) is 0 Å². The van der Waals surface area contributed by atoms with E-state index in [2.05, 4.69) is 15.6 Å². The van der Waals surface area contributed by atoms with Gasteiger partial charge in [-0.25, -0.2) is 9.78 Å². The van der Waals surface area contributed by atoms with E-state index in [0.717, 1.165) is 40.3 Å². The van der Waals surface area contributed by atoms with Crippen molar-refractivity contribution in [3.63, 3.8) is 0 Å². The van der Waals surface area contributed by atoms with Gasteiger partial charge in [-0.05, 0) is 53.5 Å². The van der Waals surface area contributed by atoms with Gasteiger partial charge >= 0.3 is 6.09 Å². The summed E-state index contributed by atoms with van der Waals surface area (Å²) in [5, 5.41) is 7.58. The van der Waals surface area contributed by atoms with E-state index >= 15 is 0 Å². The molecule has 3 aromatic carbocycles. The van der Waals surface area contributed by atoms with Gasteiger partial charge in [0.15, 0.2) is 0 Å². The summed E-state index contributed by atoms with van der Waals surface area (Å²) in [4.78, 5) is 45.9. The summed E-state index contributed by atoms with van der Waals surface area (Å²) in [6.45, 7) is 0.837. The highest BCUT2D eigenvalue weighted by Crippen LogP contribution is 2.22. The molecular weight excluding hydrogens is 530 g/mol. The zero-order chi connectivity index (χ0) is 29.3. The number of carbonyl (C=O) groups is 3. The van der Waals surface area contributed by atoms with Crippen LogP contribution in [0.5, 0.6) is 0 Å². The quantitative estimate of drug-likeness (QED) is 0.277. The Hall–Kier alpha value is -4.92. The number of nitrogens with one attached hydrogen (secondary N) is 2. The molecule has 1 aliphatic rings. The Labute approximate surface area is 245 Å². The zero-order valence-corrected chi connectivity index (χ0v) is 23.4. The molecule has 0 saturated carbocycles. The Morgan fingerprint density at radius 2 is 1.67 bits per heavy atom. The molecular formula is C33H35N5O4. The molecule has 216 valence electrons. The summed E-state index contributed by atoms with van der Waals surface area (Å²) < 4.78 is 5.42. The average Bonchev–Trinajstić information content (AvgIpc) is 3.03. The molecule has 2 atom stereocenters. The highest BCUT2D eigenvalue weighted by atomic mass is 16.5. The van der Waals surface area contributed by atoms with E-state index in [0.29, 0.717) is 25.3 Å². The second kappa shape index (κ2) is 13.6. The van der Waals surface area contributed by atoms with Crippen LogP contribution in [0.4, 0.5) is 10.6 Å². The summed E-state index contributed by atoms with van der Waals surface area (Å²) in [6.07, 6.45) is 3.42. The highest BCUT2D eigenvalue weighted by Gasteiger charge is 2.36. The van der Waals surface area contributed by atoms with E-state index in [1.807, 2.05) is 84.9 Å². The van der Waals surface area contributed by atoms with Crippen molar-refractivity contribution in [3.05, 3.63) is 108 Å². The maximum Gasteiger partial charge on any atom is 0.408 e. The van der Waals surface area contributed by atoms with Gasteiger partial charge in [-0.1, -0.05) is 72.8 Å². The number of benzene rings is 3. The molecule has 1 saturated heterocycles. The molecule has 9 heteroatoms. The normalized spacial score (nSPS) is 15.5. The number of nitrogen functional groups attached to an aromatic ring is 1. The fourth-order valence-electron chi connectivity index (χ4n) is 5.29. The van der Waals surface area contributed by atoms with Crippen LogP contribution >= 0.6 is 0 Å². The van der Waals surface area contributed by atoms with Crippen molar-refractivity contribution in [2.24, 2.45) is 0 Å². The Morgan fingerprint density at radius 1 is 0.929 bits per heavy atom. The van der Waals surface area contributed by atoms with Crippen molar-refractivity contribution in [2.75, 3.05) is 12.3 Å². The third-order valence-electron chi connectivity index (χ3n) is 7.50. The maximum atomic E-state index is 13.9. The number of ether oxygens (including phenoxy) is 1. The molecule has 2 heterocycles. The number of hydrogen-bond donors (Lipinski definition) is 3. The van der Waals surface area contributed by atoms with Crippen LogP contribution in [0.15, 0.2) is 91.1 Å². The maximum absolute atomic E-state index is 13.9. The SMILES string of the molecule is Nc1nccc2cc(CNC(=O)[C@@H]3CCCCN3C(=O)[C@@H](Cc3ccccc3)NC(=O)OCc3ccccc3)ccc12. The number of anilines is 1. The van der Waals surface area contributed by atoms with Gasteiger partial charge in [-0.15, -0.1) is 0 Å². The molecule has 1 aromatic heterocycles. The van der Waals surface area contributed by atoms with E-state index in [-0.39, 0.29) is 24.8 Å². The van der Waals surface area contributed by atoms with E-state index in [1.165, 1.54) is 0 Å². The van der Waals surface area contributed by atoms with Gasteiger partial charge in [0.1, 0.15) is 24.5 Å². The first kappa shape index (κ1) is 28.6. The first-order valence-corrected chi connectivity index (χ1v) is 14.2. The monoisotopic (exact) mass is 565 g/mol. The van der Waals surface area contributed by atoms with E-state index in [9.17, 15) is 14.4 Å². The van der Waals surface area contributed by atoms with E-state index < -0.39 is 18.2 Å². The number of hydrogen-bond acceptors (Lipinski definition) is 6. The molecule has 9 nitrogen and oxygen atoms in total. The van der Waals surface area contributed by atoms with Crippen molar-refractivity contribution in [1.29, 1.82) is 0 Å². The number of aromatic nitrogens is 1. The molecule has 1 aliphatic heterocycles. The lowest BCUT2D eigenvalue weighted by Crippen LogP contribution is -2.58. The standard InChI is InChI=1S/C33H35N5O4/c34-30-27-15-14-25(19-26(27)16-17-35-30)21-36-31(39)29-13-7-8-18-38(29)32(40)28(20-23-9-3-1-4-10-23)37-33(41)42-22-24-11-5-2-6-12-24/h1-6,9-12,14-17,19,28-29H,7-8,13,18,20-22H2,(H2,34,35)(H,36,39)(H,37,41)/t28-,29+/m1/s1. The number of rotatable bonds is 9. The summed E-state index contributed by atoms with van der Waals surface area (Å²) >= 11 is 0. The van der Waals surface area contributed by atoms with Crippen LogP contribution in [-0.4, -0.2) is 46.4 Å². The van der Waals surface area contributed by atoms with Crippen molar-refractivity contribution < 1.29 is 19.1 Å². The predicted molar refractivity (Wildman–Crippen MR) is 161 cm³/mol. The minimum Gasteiger partial charge on any atom is -0.445 e. The average molecular weight is 566 g/mol. The molecule has 4 N–H and O–H groups in total. The minimum atomic E-state index is -0.886. The highest BCUT2D eigenvalue weighted by molar-refractivity contribution is 5.92. The van der Waals surface area contributed by atoms with Crippen LogP contribution in [0, 0.1) is 0 Å². The summed E-state index contributed by atoms with van der Waals surface area (Å²) in [7, 11) is 0. The second-order valence-electron chi connectivity index (χ2n) is 10.5. The Kier molecular flexibility index (Phi) is 9.28. The lowest BCUT2D eigenvalue weighted by molar-refractivity contribution is -0.143. The minimum absolute atomic E-state index is 0.0888. The number of amides is 3. The van der Waals surface area contributed by atoms with Gasteiger partial charge in [0, 0.05) is 31.1 Å². The van der Waals surface area contributed by atoms with Crippen molar-refractivity contribution >= 4 is 34.5 Å². The Bertz CT molecular complexity index is 1530. The molecule has 1 fully saturated rings. The number of likely N-dealkylation sites (tertiary alicyclic amines) is 1. The van der Waals surface area contributed by atoms with Crippen LogP contribution in [0.1, 0.15) is 36.0 Å². The van der Waals surface area contributed by atoms with Crippen molar-refractivity contribution in [2.45, 2.75) is 50.9 Å². The van der Waals surface area contributed by atoms with E-state index in [4.69, 9.17) is 10.5 Å². The molecule has 0 radical (unpaired) electrons. The topological polar surface area (TPSA) is 127 Å². The lowest BCUT2D eigenvalue weighted by atomic mass is 9.98. The number of fused-ring (bicyclic) bond motifs is 1. The number of alkyl carbamates (subject to hydrolysis) is 1. The molecule has 0 bridgehead atoms. The van der Waals surface area contributed by atoms with Gasteiger partial charge in [-0.3, -0.25) is 9.59 Å². The molecule has 42 heavy (non-hydrogen) atoms. The Balaban J connectivity index is 1.27. The molecule has 0 spiro atoms. The summed E-state index contributed by atoms with van der Waals surface area (Å²) in [6, 6.07) is 25.0. The molecule has 0 aliphatic carbocycles. The van der Waals surface area contributed by atoms with Crippen LogP contribution in [-0.2, 0) is 33.9 Å². The zero-order valence-electron chi connectivity index (χ0n) is 23.4. The third-order valence-corrected chi connectivity index (χ3v) is 7.50. The number of pyridine rings is 1. The molecule has 5 rings (SSSR count). The number of carbonyl (C=O) groups excluding carboxylic acids is 3. The lowest BCUT2D eigenvalue weighted by Gasteiger charge is -2.37. The van der Waals surface area contributed by atoms with Gasteiger partial charge in [0.25, 0.3) is 0 Å². The Morgan fingerprint density at radius 3 is 2.43 bits per heavy atom. The fourth-order valence-corrected chi connectivity index (χ4v) is 5.29. The van der Waals surface area contributed by atoms with Crippen molar-refractivity contribution in [1.82, 2.24) is 20.5 Å². The number of nitrogens with zero attached hydrogens (tertiary/aromatic N) is 2. The van der Waals surface area contributed by atoms with Gasteiger partial charge in [-0.2, -0.15) is 0 Å². The first-order valence-electron chi connectivity index (χ1n) is 14.2. The smallest absolute Gasteiger partial charge is 0.408 e. The van der Waals surface area contributed by atoms with Crippen LogP contribution in [0.3, 0.4) is 0 Å². The van der Waals surface area contributed by atoms with E-state index in [1.54, 1.807) is 11.1 Å². The van der Waals surface area contributed by atoms with Crippen LogP contribution in [0.25, 0.3) is 10.8 Å². The number of piperidine rings is 1. The largest absolute Gasteiger partial charge is 0.445 e. The van der Waals surface area contributed by atoms with Crippen molar-refractivity contribution in [3.8, 4) is 0 Å². The van der Waals surface area contributed by atoms with Gasteiger partial charge < -0.3 is 26.0 Å². The third kappa shape index (κ3) is 7.23. The van der Waals surface area contributed by atoms with Gasteiger partial charge in [0.2, 0.25) is 11.8 Å². The molecule has 3 amide bonds. The number of nitrogens with two attached hydrogens (primary N) is 1. The van der Waals surface area contributed by atoms with Crippen LogP contribution < -0.4 is 16.4 Å². The molecule has 0 unspecified atom stereocenters. The predicted octanol–water partition coefficient (Wildman–Crippen LogP) is 4.35. The van der Waals surface area contributed by atoms with Crippen LogP contribution in [0.2, 0.25) is 0 Å².